The van der Waals surface area contributed by atoms with Crippen LogP contribution in [0.2, 0.25) is 0 Å². The molecule has 0 aliphatic heterocycles. The Bertz CT molecular complexity index is 746. The quantitative estimate of drug-likeness (QED) is 0.544. The van der Waals surface area contributed by atoms with Gasteiger partial charge in [0.1, 0.15) is 0 Å². The molecule has 0 radical (unpaired) electrons. The van der Waals surface area contributed by atoms with Crippen molar-refractivity contribution in [2.45, 2.75) is 0 Å². The van der Waals surface area contributed by atoms with Gasteiger partial charge >= 0.3 is 0 Å². The van der Waals surface area contributed by atoms with E-state index < -0.39 is 17.4 Å². The fourth-order valence-corrected chi connectivity index (χ4v) is 1.48. The molecule has 8 heteroatoms. The second-order valence-electron chi connectivity index (χ2n) is 3.88. The summed E-state index contributed by atoms with van der Waals surface area (Å²) >= 11 is 0. The van der Waals surface area contributed by atoms with E-state index in [2.05, 4.69) is 20.7 Å². The van der Waals surface area contributed by atoms with Gasteiger partial charge in [-0.3, -0.25) is 9.59 Å². The number of aromatic nitrogens is 2. The zero-order valence-corrected chi connectivity index (χ0v) is 10.6. The van der Waals surface area contributed by atoms with Gasteiger partial charge in [0.25, 0.3) is 11.5 Å². The molecule has 106 valence electrons. The fraction of sp³-hybridized carbons (Fsp3) is 0. The first-order valence-electron chi connectivity index (χ1n) is 5.77. The van der Waals surface area contributed by atoms with Crippen LogP contribution in [0.25, 0.3) is 0 Å². The van der Waals surface area contributed by atoms with Gasteiger partial charge in [0.05, 0.1) is 12.2 Å². The maximum absolute atomic E-state index is 11.6. The van der Waals surface area contributed by atoms with E-state index in [9.17, 15) is 19.5 Å². The maximum Gasteiger partial charge on any atom is 0.291 e. The van der Waals surface area contributed by atoms with Crippen molar-refractivity contribution in [3.05, 3.63) is 63.6 Å². The van der Waals surface area contributed by atoms with Crippen LogP contribution in [0, 0.1) is 0 Å². The van der Waals surface area contributed by atoms with Gasteiger partial charge in [-0.2, -0.15) is 10.2 Å². The zero-order chi connectivity index (χ0) is 15.2. The molecule has 2 N–H and O–H groups in total. The Labute approximate surface area is 118 Å². The molecule has 8 nitrogen and oxygen atoms in total. The summed E-state index contributed by atoms with van der Waals surface area (Å²) in [7, 11) is 0. The SMILES string of the molecule is O=C(N/N=C/c1ccccc1C(=O)[O-])c1ccc(=O)[nH]n1. The van der Waals surface area contributed by atoms with Crippen LogP contribution in [0.3, 0.4) is 0 Å². The van der Waals surface area contributed by atoms with Crippen molar-refractivity contribution in [1.29, 1.82) is 0 Å². The topological polar surface area (TPSA) is 127 Å². The van der Waals surface area contributed by atoms with E-state index in [4.69, 9.17) is 0 Å². The smallest absolute Gasteiger partial charge is 0.291 e. The minimum Gasteiger partial charge on any atom is -0.545 e. The highest BCUT2D eigenvalue weighted by Crippen LogP contribution is 2.04. The minimum absolute atomic E-state index is 0.0278. The number of carboxylic acid groups (broad SMARTS) is 1. The molecule has 0 spiro atoms. The number of carbonyl (C=O) groups is 2. The minimum atomic E-state index is -1.34. The van der Waals surface area contributed by atoms with E-state index >= 15 is 0 Å². The predicted molar refractivity (Wildman–Crippen MR) is 70.7 cm³/mol. The first-order valence-corrected chi connectivity index (χ1v) is 5.77. The van der Waals surface area contributed by atoms with Crippen molar-refractivity contribution >= 4 is 18.1 Å². The third-order valence-corrected chi connectivity index (χ3v) is 2.46. The summed E-state index contributed by atoms with van der Waals surface area (Å²) in [6.07, 6.45) is 1.18. The Balaban J connectivity index is 2.09. The van der Waals surface area contributed by atoms with Gasteiger partial charge in [-0.05, 0) is 6.07 Å². The normalized spacial score (nSPS) is 10.5. The molecule has 1 aromatic heterocycles. The Kier molecular flexibility index (Phi) is 4.20. The molecular weight excluding hydrogens is 276 g/mol. The molecule has 2 rings (SSSR count). The summed E-state index contributed by atoms with van der Waals surface area (Å²) in [5.41, 5.74) is 1.95. The fourth-order valence-electron chi connectivity index (χ4n) is 1.48. The average Bonchev–Trinajstić information content (AvgIpc) is 2.48. The lowest BCUT2D eigenvalue weighted by atomic mass is 10.1. The Hall–Kier alpha value is -3.29. The molecular formula is C13H9N4O4-. The van der Waals surface area contributed by atoms with Gasteiger partial charge in [0, 0.05) is 17.2 Å². The zero-order valence-electron chi connectivity index (χ0n) is 10.6. The maximum atomic E-state index is 11.6. The van der Waals surface area contributed by atoms with Crippen molar-refractivity contribution in [2.75, 3.05) is 0 Å². The van der Waals surface area contributed by atoms with Gasteiger partial charge in [-0.25, -0.2) is 10.5 Å². The van der Waals surface area contributed by atoms with Crippen LogP contribution >= 0.6 is 0 Å². The number of nitrogens with one attached hydrogen (secondary N) is 2. The number of aromatic amines is 1. The summed E-state index contributed by atoms with van der Waals surface area (Å²) < 4.78 is 0. The number of aromatic carboxylic acids is 1. The molecule has 1 amide bonds. The summed E-state index contributed by atoms with van der Waals surface area (Å²) in [5, 5.41) is 20.1. The molecule has 21 heavy (non-hydrogen) atoms. The third kappa shape index (κ3) is 3.60. The molecule has 1 heterocycles. The molecule has 0 aliphatic carbocycles. The number of nitrogens with zero attached hydrogens (tertiary/aromatic N) is 2. The number of carbonyl (C=O) groups excluding carboxylic acids is 2. The highest BCUT2D eigenvalue weighted by molar-refractivity contribution is 5.98. The van der Waals surface area contributed by atoms with E-state index in [1.165, 1.54) is 24.4 Å². The van der Waals surface area contributed by atoms with Crippen LogP contribution in [0.4, 0.5) is 0 Å². The molecule has 0 aliphatic rings. The van der Waals surface area contributed by atoms with Crippen molar-refractivity contribution in [2.24, 2.45) is 5.10 Å². The van der Waals surface area contributed by atoms with Crippen molar-refractivity contribution in [3.8, 4) is 0 Å². The summed E-state index contributed by atoms with van der Waals surface area (Å²) in [4.78, 5) is 33.3. The Morgan fingerprint density at radius 3 is 2.67 bits per heavy atom. The van der Waals surface area contributed by atoms with E-state index in [0.717, 1.165) is 6.07 Å². The van der Waals surface area contributed by atoms with E-state index in [1.807, 2.05) is 0 Å². The van der Waals surface area contributed by atoms with Gasteiger partial charge in [-0.15, -0.1) is 0 Å². The lowest BCUT2D eigenvalue weighted by Gasteiger charge is -2.05. The van der Waals surface area contributed by atoms with Crippen LogP contribution < -0.4 is 16.1 Å². The largest absolute Gasteiger partial charge is 0.545 e. The van der Waals surface area contributed by atoms with Crippen molar-refractivity contribution < 1.29 is 14.7 Å². The molecule has 2 aromatic rings. The molecule has 0 unspecified atom stereocenters. The monoisotopic (exact) mass is 285 g/mol. The van der Waals surface area contributed by atoms with Crippen LogP contribution in [-0.2, 0) is 0 Å². The van der Waals surface area contributed by atoms with Crippen LogP contribution in [0.1, 0.15) is 26.4 Å². The number of hydrogen-bond donors (Lipinski definition) is 2. The Morgan fingerprint density at radius 2 is 2.00 bits per heavy atom. The standard InChI is InChI=1S/C13H10N4O4/c18-11-6-5-10(15-16-11)12(19)17-14-7-8-3-1-2-4-9(8)13(20)21/h1-7H,(H,16,18)(H,17,19)(H,20,21)/p-1/b14-7+. The molecule has 0 saturated heterocycles. The number of H-pyrrole nitrogens is 1. The average molecular weight is 285 g/mol. The number of amides is 1. The highest BCUT2D eigenvalue weighted by atomic mass is 16.4. The van der Waals surface area contributed by atoms with Crippen LogP contribution in [0.5, 0.6) is 0 Å². The highest BCUT2D eigenvalue weighted by Gasteiger charge is 2.05. The van der Waals surface area contributed by atoms with Gasteiger partial charge in [0.2, 0.25) is 0 Å². The van der Waals surface area contributed by atoms with Gasteiger partial charge in [0.15, 0.2) is 5.69 Å². The van der Waals surface area contributed by atoms with E-state index in [-0.39, 0.29) is 16.8 Å². The van der Waals surface area contributed by atoms with Gasteiger partial charge in [-0.1, -0.05) is 24.3 Å². The molecule has 0 bridgehead atoms. The number of hydrazone groups is 1. The van der Waals surface area contributed by atoms with Crippen LogP contribution in [-0.4, -0.2) is 28.3 Å². The van der Waals surface area contributed by atoms with Crippen molar-refractivity contribution in [3.63, 3.8) is 0 Å². The number of rotatable bonds is 4. The summed E-state index contributed by atoms with van der Waals surface area (Å²) in [6, 6.07) is 8.43. The summed E-state index contributed by atoms with van der Waals surface area (Å²) in [6.45, 7) is 0. The molecule has 0 saturated carbocycles. The lowest BCUT2D eigenvalue weighted by molar-refractivity contribution is -0.255. The Morgan fingerprint density at radius 1 is 1.24 bits per heavy atom. The van der Waals surface area contributed by atoms with Crippen molar-refractivity contribution in [1.82, 2.24) is 15.6 Å². The number of benzene rings is 1. The molecule has 1 aromatic carbocycles. The van der Waals surface area contributed by atoms with Gasteiger partial charge < -0.3 is 9.90 Å². The summed E-state index contributed by atoms with van der Waals surface area (Å²) in [5.74, 6) is -1.99. The first kappa shape index (κ1) is 14.1. The third-order valence-electron chi connectivity index (χ3n) is 2.46. The second-order valence-corrected chi connectivity index (χ2v) is 3.88. The van der Waals surface area contributed by atoms with Crippen LogP contribution in [0.15, 0.2) is 46.3 Å². The number of carboxylic acids is 1. The first-order chi connectivity index (χ1) is 10.1. The lowest BCUT2D eigenvalue weighted by Crippen LogP contribution is -2.24. The predicted octanol–water partition coefficient (Wildman–Crippen LogP) is -1.10. The van der Waals surface area contributed by atoms with E-state index in [1.54, 1.807) is 12.1 Å². The van der Waals surface area contributed by atoms with E-state index in [0.29, 0.717) is 0 Å². The molecule has 0 atom stereocenters. The second kappa shape index (κ2) is 6.24. The number of hydrogen-bond acceptors (Lipinski definition) is 6. The molecule has 0 fully saturated rings.